The lowest BCUT2D eigenvalue weighted by Gasteiger charge is -2.26. The molecule has 0 fully saturated rings. The molecule has 2 aromatic rings. The van der Waals surface area contributed by atoms with E-state index in [-0.39, 0.29) is 10.6 Å². The Morgan fingerprint density at radius 2 is 1.63 bits per heavy atom. The number of rotatable bonds is 2. The molecule has 1 aliphatic rings. The summed E-state index contributed by atoms with van der Waals surface area (Å²) in [6.07, 6.45) is 0.715. The number of hydrogen-bond donors (Lipinski definition) is 0. The van der Waals surface area contributed by atoms with Gasteiger partial charge in [-0.1, -0.05) is 86.5 Å². The topological polar surface area (TPSA) is 17.1 Å². The number of ketones is 1. The van der Waals surface area contributed by atoms with Gasteiger partial charge in [-0.25, -0.2) is 0 Å². The molecule has 3 rings (SSSR count). The van der Waals surface area contributed by atoms with Crippen molar-refractivity contribution in [3.63, 3.8) is 0 Å². The maximum absolute atomic E-state index is 12.7. The zero-order valence-electron chi connectivity index (χ0n) is 10.1. The van der Waals surface area contributed by atoms with Crippen LogP contribution in [0.5, 0.6) is 0 Å². The van der Waals surface area contributed by atoms with E-state index in [9.17, 15) is 4.79 Å². The summed E-state index contributed by atoms with van der Waals surface area (Å²) in [7, 11) is 0. The molecular weight excluding hydrogens is 368 g/mol. The molecule has 0 N–H and O–H groups in total. The molecule has 19 heavy (non-hydrogen) atoms. The summed E-state index contributed by atoms with van der Waals surface area (Å²) in [5.74, 6) is 0.161. The number of halogens is 2. The molecule has 0 aromatic heterocycles. The zero-order chi connectivity index (χ0) is 13.5. The van der Waals surface area contributed by atoms with Gasteiger partial charge in [-0.3, -0.25) is 4.79 Å². The van der Waals surface area contributed by atoms with Crippen LogP contribution in [0.1, 0.15) is 26.3 Å². The van der Waals surface area contributed by atoms with Crippen molar-refractivity contribution in [2.45, 2.75) is 15.6 Å². The molecular formula is C16H12Br2O. The van der Waals surface area contributed by atoms with Crippen LogP contribution in [0.3, 0.4) is 0 Å². The van der Waals surface area contributed by atoms with Crippen LogP contribution >= 0.6 is 31.9 Å². The van der Waals surface area contributed by atoms with Crippen LogP contribution in [-0.4, -0.2) is 10.1 Å². The van der Waals surface area contributed by atoms with Gasteiger partial charge in [0.2, 0.25) is 0 Å². The summed E-state index contributed by atoms with van der Waals surface area (Å²) in [5, 5.41) is 0. The van der Waals surface area contributed by atoms with Gasteiger partial charge in [0.1, 0.15) is 4.32 Å². The van der Waals surface area contributed by atoms with Crippen molar-refractivity contribution < 1.29 is 4.79 Å². The van der Waals surface area contributed by atoms with Crippen molar-refractivity contribution in [1.82, 2.24) is 0 Å². The van der Waals surface area contributed by atoms with Gasteiger partial charge in [0.25, 0.3) is 0 Å². The molecule has 2 aromatic carbocycles. The minimum absolute atomic E-state index is 0.0406. The van der Waals surface area contributed by atoms with E-state index in [4.69, 9.17) is 0 Å². The molecule has 0 radical (unpaired) electrons. The second-order valence-electron chi connectivity index (χ2n) is 4.80. The van der Waals surface area contributed by atoms with E-state index in [2.05, 4.69) is 31.9 Å². The van der Waals surface area contributed by atoms with E-state index in [1.807, 2.05) is 54.6 Å². The Labute approximate surface area is 129 Å². The summed E-state index contributed by atoms with van der Waals surface area (Å²) in [5.41, 5.74) is 3.06. The van der Waals surface area contributed by atoms with Gasteiger partial charge < -0.3 is 0 Å². The van der Waals surface area contributed by atoms with E-state index in [1.54, 1.807) is 0 Å². The third kappa shape index (κ3) is 2.09. The third-order valence-corrected chi connectivity index (χ3v) is 6.60. The Morgan fingerprint density at radius 3 is 2.32 bits per heavy atom. The maximum atomic E-state index is 12.7. The molecule has 3 heteroatoms. The fourth-order valence-electron chi connectivity index (χ4n) is 2.57. The predicted octanol–water partition coefficient (Wildman–Crippen LogP) is 4.70. The summed E-state index contributed by atoms with van der Waals surface area (Å²) in [4.78, 5) is 12.6. The van der Waals surface area contributed by atoms with Crippen molar-refractivity contribution in [1.29, 1.82) is 0 Å². The van der Waals surface area contributed by atoms with Gasteiger partial charge in [-0.05, 0) is 17.5 Å². The van der Waals surface area contributed by atoms with Crippen LogP contribution < -0.4 is 0 Å². The SMILES string of the molecule is O=C1c2ccccc2C[C@@]1(Br)[C@H](Br)c1ccccc1. The summed E-state index contributed by atoms with van der Waals surface area (Å²) < 4.78 is -0.585. The smallest absolute Gasteiger partial charge is 0.181 e. The highest BCUT2D eigenvalue weighted by Crippen LogP contribution is 2.49. The summed E-state index contributed by atoms with van der Waals surface area (Å²) in [6, 6.07) is 17.9. The minimum Gasteiger partial charge on any atom is -0.293 e. The van der Waals surface area contributed by atoms with Crippen molar-refractivity contribution in [3.8, 4) is 0 Å². The average molecular weight is 380 g/mol. The Balaban J connectivity index is 2.01. The third-order valence-electron chi connectivity index (χ3n) is 3.58. The Bertz CT molecular complexity index is 624. The average Bonchev–Trinajstić information content (AvgIpc) is 2.72. The highest BCUT2D eigenvalue weighted by Gasteiger charge is 2.48. The van der Waals surface area contributed by atoms with Crippen LogP contribution in [0, 0.1) is 0 Å². The molecule has 0 saturated carbocycles. The van der Waals surface area contributed by atoms with Crippen molar-refractivity contribution in [3.05, 3.63) is 71.3 Å². The fourth-order valence-corrected chi connectivity index (χ4v) is 4.02. The molecule has 1 aliphatic carbocycles. The summed E-state index contributed by atoms with van der Waals surface area (Å²) >= 11 is 7.40. The molecule has 0 aliphatic heterocycles. The van der Waals surface area contributed by atoms with Crippen LogP contribution in [0.15, 0.2) is 54.6 Å². The van der Waals surface area contributed by atoms with Crippen LogP contribution in [0.4, 0.5) is 0 Å². The standard InChI is InChI=1S/C16H12Br2O/c17-14(11-6-2-1-3-7-11)16(18)10-12-8-4-5-9-13(12)15(16)19/h1-9,14H,10H2/t14-,16-/m1/s1. The lowest BCUT2D eigenvalue weighted by molar-refractivity contribution is 0.0960. The highest BCUT2D eigenvalue weighted by atomic mass is 79.9. The fraction of sp³-hybridized carbons (Fsp3) is 0.188. The molecule has 0 heterocycles. The number of Topliss-reactive ketones (excluding diaryl/α,β-unsaturated/α-hetero) is 1. The second-order valence-corrected chi connectivity index (χ2v) is 7.13. The molecule has 0 amide bonds. The quantitative estimate of drug-likeness (QED) is 0.691. The second kappa shape index (κ2) is 4.88. The molecule has 0 unspecified atom stereocenters. The normalized spacial score (nSPS) is 23.2. The lowest BCUT2D eigenvalue weighted by atomic mass is 9.95. The van der Waals surface area contributed by atoms with Gasteiger partial charge >= 0.3 is 0 Å². The number of hydrogen-bond acceptors (Lipinski definition) is 1. The van der Waals surface area contributed by atoms with Crippen molar-refractivity contribution in [2.75, 3.05) is 0 Å². The van der Waals surface area contributed by atoms with Gasteiger partial charge in [-0.2, -0.15) is 0 Å². The number of fused-ring (bicyclic) bond motifs is 1. The minimum atomic E-state index is -0.585. The monoisotopic (exact) mass is 378 g/mol. The van der Waals surface area contributed by atoms with Crippen LogP contribution in [0.25, 0.3) is 0 Å². The van der Waals surface area contributed by atoms with E-state index in [0.717, 1.165) is 16.7 Å². The number of carbonyl (C=O) groups excluding carboxylic acids is 1. The largest absolute Gasteiger partial charge is 0.293 e. The summed E-state index contributed by atoms with van der Waals surface area (Å²) in [6.45, 7) is 0. The van der Waals surface area contributed by atoms with E-state index in [1.165, 1.54) is 0 Å². The first-order valence-corrected chi connectivity index (χ1v) is 7.84. The van der Waals surface area contributed by atoms with E-state index >= 15 is 0 Å². The number of carbonyl (C=O) groups is 1. The van der Waals surface area contributed by atoms with Crippen LogP contribution in [-0.2, 0) is 6.42 Å². The first-order valence-electron chi connectivity index (χ1n) is 6.13. The lowest BCUT2D eigenvalue weighted by Crippen LogP contribution is -2.33. The molecule has 0 spiro atoms. The molecule has 0 saturated heterocycles. The molecule has 1 nitrogen and oxygen atoms in total. The first kappa shape index (κ1) is 13.1. The number of alkyl halides is 2. The molecule has 96 valence electrons. The highest BCUT2D eigenvalue weighted by molar-refractivity contribution is 9.12. The Hall–Kier alpha value is -0.930. The molecule has 0 bridgehead atoms. The zero-order valence-corrected chi connectivity index (χ0v) is 13.3. The Morgan fingerprint density at radius 1 is 1.00 bits per heavy atom. The maximum Gasteiger partial charge on any atom is 0.181 e. The van der Waals surface area contributed by atoms with E-state index < -0.39 is 4.32 Å². The number of benzene rings is 2. The van der Waals surface area contributed by atoms with Gasteiger partial charge in [0, 0.05) is 5.56 Å². The van der Waals surface area contributed by atoms with Crippen molar-refractivity contribution in [2.24, 2.45) is 0 Å². The predicted molar refractivity (Wildman–Crippen MR) is 84.2 cm³/mol. The van der Waals surface area contributed by atoms with Crippen LogP contribution in [0.2, 0.25) is 0 Å². The van der Waals surface area contributed by atoms with Gasteiger partial charge in [-0.15, -0.1) is 0 Å². The first-order chi connectivity index (χ1) is 9.13. The van der Waals surface area contributed by atoms with Crippen molar-refractivity contribution >= 4 is 37.6 Å². The van der Waals surface area contributed by atoms with E-state index in [0.29, 0.717) is 6.42 Å². The Kier molecular flexibility index (Phi) is 3.35. The van der Waals surface area contributed by atoms with Gasteiger partial charge in [0.15, 0.2) is 5.78 Å². The van der Waals surface area contributed by atoms with Gasteiger partial charge in [0.05, 0.1) is 4.83 Å². The molecule has 2 atom stereocenters.